The Kier molecular flexibility index (Phi) is 2.61. The number of nitrogens with two attached hydrogens (primary N) is 1. The van der Waals surface area contributed by atoms with E-state index in [4.69, 9.17) is 5.73 Å². The van der Waals surface area contributed by atoms with Crippen LogP contribution in [0.3, 0.4) is 0 Å². The first-order valence-electron chi connectivity index (χ1n) is 5.38. The maximum absolute atomic E-state index is 11.9. The van der Waals surface area contributed by atoms with E-state index in [-0.39, 0.29) is 11.2 Å². The third-order valence-corrected chi connectivity index (χ3v) is 3.38. The second-order valence-electron chi connectivity index (χ2n) is 4.53. The van der Waals surface area contributed by atoms with Gasteiger partial charge in [-0.15, -0.1) is 0 Å². The lowest BCUT2D eigenvalue weighted by Gasteiger charge is -2.40. The molecule has 1 aromatic rings. The number of aromatic nitrogens is 2. The zero-order chi connectivity index (χ0) is 10.9. The summed E-state index contributed by atoms with van der Waals surface area (Å²) in [5.41, 5.74) is 6.37. The minimum Gasteiger partial charge on any atom is -0.330 e. The van der Waals surface area contributed by atoms with E-state index in [9.17, 15) is 4.79 Å². The molecule has 1 aromatic heterocycles. The van der Waals surface area contributed by atoms with Crippen molar-refractivity contribution in [2.75, 3.05) is 6.54 Å². The van der Waals surface area contributed by atoms with Crippen LogP contribution in [0.25, 0.3) is 0 Å². The van der Waals surface area contributed by atoms with Crippen LogP contribution in [0, 0.1) is 5.41 Å². The molecule has 0 atom stereocenters. The Balaban J connectivity index is 2.03. The zero-order valence-electron chi connectivity index (χ0n) is 9.07. The smallest absolute Gasteiger partial charge is 0.183 e. The van der Waals surface area contributed by atoms with Crippen molar-refractivity contribution in [2.24, 2.45) is 18.2 Å². The van der Waals surface area contributed by atoms with E-state index < -0.39 is 0 Å². The Labute approximate surface area is 89.5 Å². The van der Waals surface area contributed by atoms with Gasteiger partial charge in [-0.3, -0.25) is 9.48 Å². The van der Waals surface area contributed by atoms with Crippen molar-refractivity contribution in [1.82, 2.24) is 9.78 Å². The largest absolute Gasteiger partial charge is 0.330 e. The Morgan fingerprint density at radius 3 is 2.80 bits per heavy atom. The molecule has 1 heterocycles. The number of carbonyl (C=O) groups excluding carboxylic acids is 1. The van der Waals surface area contributed by atoms with Crippen molar-refractivity contribution >= 4 is 5.78 Å². The molecule has 82 valence electrons. The second kappa shape index (κ2) is 3.77. The van der Waals surface area contributed by atoms with Crippen LogP contribution in [-0.2, 0) is 7.05 Å². The summed E-state index contributed by atoms with van der Waals surface area (Å²) in [5.74, 6) is 0.126. The van der Waals surface area contributed by atoms with E-state index in [0.29, 0.717) is 18.7 Å². The summed E-state index contributed by atoms with van der Waals surface area (Å²) >= 11 is 0. The molecular weight excluding hydrogens is 190 g/mol. The molecule has 1 saturated carbocycles. The molecule has 1 fully saturated rings. The van der Waals surface area contributed by atoms with E-state index in [1.807, 2.05) is 7.05 Å². The van der Waals surface area contributed by atoms with Crippen molar-refractivity contribution < 1.29 is 4.79 Å². The third-order valence-electron chi connectivity index (χ3n) is 3.38. The molecule has 0 saturated heterocycles. The van der Waals surface area contributed by atoms with Crippen LogP contribution in [-0.4, -0.2) is 22.1 Å². The molecule has 0 radical (unpaired) electrons. The van der Waals surface area contributed by atoms with Crippen LogP contribution >= 0.6 is 0 Å². The van der Waals surface area contributed by atoms with Crippen molar-refractivity contribution in [3.05, 3.63) is 18.0 Å². The molecule has 4 heteroatoms. The Hall–Kier alpha value is -1.16. The second-order valence-corrected chi connectivity index (χ2v) is 4.53. The van der Waals surface area contributed by atoms with Crippen LogP contribution in [0.2, 0.25) is 0 Å². The monoisotopic (exact) mass is 207 g/mol. The van der Waals surface area contributed by atoms with Gasteiger partial charge in [-0.1, -0.05) is 6.42 Å². The molecule has 4 nitrogen and oxygen atoms in total. The Morgan fingerprint density at radius 2 is 2.40 bits per heavy atom. The molecule has 0 amide bonds. The fourth-order valence-electron chi connectivity index (χ4n) is 2.12. The Morgan fingerprint density at radius 1 is 1.67 bits per heavy atom. The minimum atomic E-state index is 0.0780. The summed E-state index contributed by atoms with van der Waals surface area (Å²) in [6.45, 7) is 0.617. The molecule has 0 aliphatic heterocycles. The van der Waals surface area contributed by atoms with Gasteiger partial charge in [-0.05, 0) is 30.9 Å². The first-order chi connectivity index (χ1) is 7.15. The SMILES string of the molecule is Cn1ccc(C(=O)CC2(CN)CCC2)n1. The van der Waals surface area contributed by atoms with E-state index in [2.05, 4.69) is 5.10 Å². The number of hydrogen-bond donors (Lipinski definition) is 1. The number of hydrogen-bond acceptors (Lipinski definition) is 3. The van der Waals surface area contributed by atoms with Gasteiger partial charge in [-0.2, -0.15) is 5.10 Å². The molecule has 0 spiro atoms. The fraction of sp³-hybridized carbons (Fsp3) is 0.636. The summed E-state index contributed by atoms with van der Waals surface area (Å²) in [6, 6.07) is 1.77. The number of rotatable bonds is 4. The standard InChI is InChI=1S/C11H17N3O/c1-14-6-3-9(13-14)10(15)7-11(8-12)4-2-5-11/h3,6H,2,4-5,7-8,12H2,1H3. The number of Topliss-reactive ketones (excluding diaryl/α,β-unsaturated/α-hetero) is 1. The predicted octanol–water partition coefficient (Wildman–Crippen LogP) is 1.12. The zero-order valence-corrected chi connectivity index (χ0v) is 9.07. The molecule has 15 heavy (non-hydrogen) atoms. The van der Waals surface area contributed by atoms with Crippen molar-refractivity contribution in [1.29, 1.82) is 0 Å². The highest BCUT2D eigenvalue weighted by atomic mass is 16.1. The number of ketones is 1. The maximum atomic E-state index is 11.9. The van der Waals surface area contributed by atoms with Crippen molar-refractivity contribution in [3.63, 3.8) is 0 Å². The number of aryl methyl sites for hydroxylation is 1. The van der Waals surface area contributed by atoms with Crippen LogP contribution in [0.1, 0.15) is 36.2 Å². The van der Waals surface area contributed by atoms with Gasteiger partial charge in [0.05, 0.1) is 0 Å². The summed E-state index contributed by atoms with van der Waals surface area (Å²) in [7, 11) is 1.82. The summed E-state index contributed by atoms with van der Waals surface area (Å²) in [5, 5.41) is 4.11. The molecule has 0 bridgehead atoms. The van der Waals surface area contributed by atoms with Crippen LogP contribution in [0.4, 0.5) is 0 Å². The number of carbonyl (C=O) groups is 1. The van der Waals surface area contributed by atoms with Crippen molar-refractivity contribution in [2.45, 2.75) is 25.7 Å². The average molecular weight is 207 g/mol. The molecule has 1 aliphatic carbocycles. The van der Waals surface area contributed by atoms with Gasteiger partial charge < -0.3 is 5.73 Å². The van der Waals surface area contributed by atoms with Gasteiger partial charge in [0.1, 0.15) is 5.69 Å². The summed E-state index contributed by atoms with van der Waals surface area (Å²) < 4.78 is 1.66. The highest BCUT2D eigenvalue weighted by molar-refractivity contribution is 5.94. The van der Waals surface area contributed by atoms with Gasteiger partial charge in [-0.25, -0.2) is 0 Å². The lowest BCUT2D eigenvalue weighted by molar-refractivity contribution is 0.0780. The molecule has 2 rings (SSSR count). The first kappa shape index (κ1) is 10.4. The van der Waals surface area contributed by atoms with Crippen LogP contribution in [0.5, 0.6) is 0 Å². The highest BCUT2D eigenvalue weighted by Gasteiger charge is 2.37. The van der Waals surface area contributed by atoms with Gasteiger partial charge in [0.15, 0.2) is 5.78 Å². The topological polar surface area (TPSA) is 60.9 Å². The van der Waals surface area contributed by atoms with Gasteiger partial charge in [0, 0.05) is 19.7 Å². The number of nitrogens with zero attached hydrogens (tertiary/aromatic N) is 2. The Bertz CT molecular complexity index is 360. The predicted molar refractivity (Wildman–Crippen MR) is 57.5 cm³/mol. The van der Waals surface area contributed by atoms with Crippen molar-refractivity contribution in [3.8, 4) is 0 Å². The maximum Gasteiger partial charge on any atom is 0.183 e. The van der Waals surface area contributed by atoms with Gasteiger partial charge >= 0.3 is 0 Å². The molecule has 1 aliphatic rings. The average Bonchev–Trinajstić information content (AvgIpc) is 2.58. The quantitative estimate of drug-likeness (QED) is 0.753. The van der Waals surface area contributed by atoms with Crippen LogP contribution < -0.4 is 5.73 Å². The van der Waals surface area contributed by atoms with Crippen LogP contribution in [0.15, 0.2) is 12.3 Å². The van der Waals surface area contributed by atoms with Gasteiger partial charge in [0.25, 0.3) is 0 Å². The van der Waals surface area contributed by atoms with E-state index in [0.717, 1.165) is 12.8 Å². The van der Waals surface area contributed by atoms with E-state index in [1.165, 1.54) is 6.42 Å². The fourth-order valence-corrected chi connectivity index (χ4v) is 2.12. The van der Waals surface area contributed by atoms with Gasteiger partial charge in [0.2, 0.25) is 0 Å². The lowest BCUT2D eigenvalue weighted by Crippen LogP contribution is -2.39. The summed E-state index contributed by atoms with van der Waals surface area (Å²) in [4.78, 5) is 11.9. The molecule has 0 aromatic carbocycles. The molecule has 0 unspecified atom stereocenters. The molecular formula is C11H17N3O. The first-order valence-corrected chi connectivity index (χ1v) is 5.38. The summed E-state index contributed by atoms with van der Waals surface area (Å²) in [6.07, 6.45) is 5.72. The van der Waals surface area contributed by atoms with E-state index >= 15 is 0 Å². The minimum absolute atomic E-state index is 0.0780. The lowest BCUT2D eigenvalue weighted by atomic mass is 9.66. The highest BCUT2D eigenvalue weighted by Crippen LogP contribution is 2.43. The van der Waals surface area contributed by atoms with E-state index in [1.54, 1.807) is 16.9 Å². The third kappa shape index (κ3) is 1.95. The normalized spacial score (nSPS) is 18.5. The molecule has 2 N–H and O–H groups in total.